The van der Waals surface area contributed by atoms with Crippen LogP contribution in [0.15, 0.2) is 0 Å². The zero-order valence-electron chi connectivity index (χ0n) is 12.6. The minimum Gasteiger partial charge on any atom is -0.383 e. The van der Waals surface area contributed by atoms with Gasteiger partial charge < -0.3 is 15.4 Å². The molecule has 0 bridgehead atoms. The molecule has 0 saturated carbocycles. The Bertz CT molecular complexity index is 432. The standard InChI is InChI=1S/C13H26N2O4S/c1-4-13(2,10-14)12(16)15(6-7-19-3)11-5-8-20(17,18)9-11/h11H,4-10,14H2,1-3H3. The monoisotopic (exact) mass is 306 g/mol. The van der Waals surface area contributed by atoms with Crippen LogP contribution in [-0.2, 0) is 19.4 Å². The molecule has 0 radical (unpaired) electrons. The maximum absolute atomic E-state index is 12.7. The Morgan fingerprint density at radius 3 is 2.55 bits per heavy atom. The number of hydrogen-bond donors (Lipinski definition) is 1. The molecule has 6 nitrogen and oxygen atoms in total. The number of nitrogens with zero attached hydrogens (tertiary/aromatic N) is 1. The van der Waals surface area contributed by atoms with Crippen LogP contribution < -0.4 is 5.73 Å². The fourth-order valence-electron chi connectivity index (χ4n) is 2.39. The van der Waals surface area contributed by atoms with Gasteiger partial charge in [0.2, 0.25) is 5.91 Å². The van der Waals surface area contributed by atoms with E-state index in [0.29, 0.717) is 26.0 Å². The van der Waals surface area contributed by atoms with E-state index in [1.807, 2.05) is 13.8 Å². The second kappa shape index (κ2) is 6.87. The van der Waals surface area contributed by atoms with Crippen LogP contribution in [0.5, 0.6) is 0 Å². The van der Waals surface area contributed by atoms with Gasteiger partial charge in [0.1, 0.15) is 0 Å². The van der Waals surface area contributed by atoms with Crippen LogP contribution in [0, 0.1) is 5.41 Å². The summed E-state index contributed by atoms with van der Waals surface area (Å²) in [5, 5.41) is 0. The second-order valence-electron chi connectivity index (χ2n) is 5.67. The van der Waals surface area contributed by atoms with Crippen molar-refractivity contribution in [2.45, 2.75) is 32.7 Å². The van der Waals surface area contributed by atoms with Gasteiger partial charge in [-0.1, -0.05) is 6.92 Å². The number of carbonyl (C=O) groups is 1. The number of nitrogens with two attached hydrogens (primary N) is 1. The van der Waals surface area contributed by atoms with E-state index in [1.54, 1.807) is 12.0 Å². The fourth-order valence-corrected chi connectivity index (χ4v) is 4.12. The first-order valence-electron chi connectivity index (χ1n) is 7.00. The van der Waals surface area contributed by atoms with E-state index in [1.165, 1.54) is 0 Å². The largest absolute Gasteiger partial charge is 0.383 e. The Morgan fingerprint density at radius 2 is 2.15 bits per heavy atom. The Labute approximate surface area is 121 Å². The number of hydrogen-bond acceptors (Lipinski definition) is 5. The molecule has 1 aliphatic rings. The molecule has 0 aromatic rings. The molecule has 0 aromatic carbocycles. The third kappa shape index (κ3) is 3.93. The number of amides is 1. The number of rotatable bonds is 7. The van der Waals surface area contributed by atoms with Gasteiger partial charge in [-0.2, -0.15) is 0 Å². The summed E-state index contributed by atoms with van der Waals surface area (Å²) in [5.74, 6) is 0.133. The molecule has 1 aliphatic heterocycles. The van der Waals surface area contributed by atoms with Crippen molar-refractivity contribution in [3.05, 3.63) is 0 Å². The molecule has 2 N–H and O–H groups in total. The summed E-state index contributed by atoms with van der Waals surface area (Å²) in [6.45, 7) is 4.81. The zero-order chi connectivity index (χ0) is 15.4. The Balaban J connectivity index is 2.92. The smallest absolute Gasteiger partial charge is 0.230 e. The number of sulfone groups is 1. The van der Waals surface area contributed by atoms with Crippen LogP contribution in [-0.4, -0.2) is 63.6 Å². The van der Waals surface area contributed by atoms with E-state index >= 15 is 0 Å². The predicted molar refractivity (Wildman–Crippen MR) is 78.1 cm³/mol. The lowest BCUT2D eigenvalue weighted by molar-refractivity contribution is -0.143. The zero-order valence-corrected chi connectivity index (χ0v) is 13.4. The van der Waals surface area contributed by atoms with E-state index in [4.69, 9.17) is 10.5 Å². The summed E-state index contributed by atoms with van der Waals surface area (Å²) in [6.07, 6.45) is 1.13. The van der Waals surface area contributed by atoms with Crippen LogP contribution >= 0.6 is 0 Å². The van der Waals surface area contributed by atoms with Gasteiger partial charge in [0, 0.05) is 26.2 Å². The summed E-state index contributed by atoms with van der Waals surface area (Å²) in [5.41, 5.74) is 5.10. The molecule has 1 rings (SSSR count). The summed E-state index contributed by atoms with van der Waals surface area (Å²) >= 11 is 0. The number of carbonyl (C=O) groups excluding carboxylic acids is 1. The average Bonchev–Trinajstić information content (AvgIpc) is 2.78. The quantitative estimate of drug-likeness (QED) is 0.716. The highest BCUT2D eigenvalue weighted by Gasteiger charge is 2.40. The molecule has 0 spiro atoms. The van der Waals surface area contributed by atoms with E-state index in [9.17, 15) is 13.2 Å². The fraction of sp³-hybridized carbons (Fsp3) is 0.923. The molecule has 2 atom stereocenters. The second-order valence-corrected chi connectivity index (χ2v) is 7.90. The Morgan fingerprint density at radius 1 is 1.50 bits per heavy atom. The van der Waals surface area contributed by atoms with E-state index in [-0.39, 0.29) is 30.0 Å². The maximum atomic E-state index is 12.7. The molecular weight excluding hydrogens is 280 g/mol. The molecular formula is C13H26N2O4S. The molecule has 20 heavy (non-hydrogen) atoms. The highest BCUT2D eigenvalue weighted by molar-refractivity contribution is 7.91. The average molecular weight is 306 g/mol. The first-order chi connectivity index (χ1) is 9.29. The minimum atomic E-state index is -3.02. The van der Waals surface area contributed by atoms with E-state index in [0.717, 1.165) is 0 Å². The van der Waals surface area contributed by atoms with Gasteiger partial charge in [-0.3, -0.25) is 4.79 Å². The van der Waals surface area contributed by atoms with Crippen LogP contribution in [0.3, 0.4) is 0 Å². The summed E-state index contributed by atoms with van der Waals surface area (Å²) < 4.78 is 28.3. The lowest BCUT2D eigenvalue weighted by Crippen LogP contribution is -2.51. The Hall–Kier alpha value is -0.660. The van der Waals surface area contributed by atoms with Gasteiger partial charge in [0.15, 0.2) is 9.84 Å². The van der Waals surface area contributed by atoms with Crippen molar-refractivity contribution in [3.8, 4) is 0 Å². The third-order valence-corrected chi connectivity index (χ3v) is 5.94. The molecule has 118 valence electrons. The number of ether oxygens (including phenoxy) is 1. The minimum absolute atomic E-state index is 0.0484. The van der Waals surface area contributed by atoms with Gasteiger partial charge in [-0.05, 0) is 19.8 Å². The first-order valence-corrected chi connectivity index (χ1v) is 8.82. The van der Waals surface area contributed by atoms with Crippen molar-refractivity contribution in [3.63, 3.8) is 0 Å². The van der Waals surface area contributed by atoms with Gasteiger partial charge in [-0.25, -0.2) is 8.42 Å². The van der Waals surface area contributed by atoms with Crippen molar-refractivity contribution in [2.75, 3.05) is 38.3 Å². The molecule has 0 aliphatic carbocycles. The van der Waals surface area contributed by atoms with E-state index < -0.39 is 15.3 Å². The summed E-state index contributed by atoms with van der Waals surface area (Å²) in [4.78, 5) is 14.4. The van der Waals surface area contributed by atoms with Crippen LogP contribution in [0.4, 0.5) is 0 Å². The molecule has 1 heterocycles. The van der Waals surface area contributed by atoms with Crippen LogP contribution in [0.1, 0.15) is 26.7 Å². The van der Waals surface area contributed by atoms with Gasteiger partial charge in [0.25, 0.3) is 0 Å². The molecule has 1 saturated heterocycles. The van der Waals surface area contributed by atoms with Crippen molar-refractivity contribution in [1.82, 2.24) is 4.90 Å². The summed E-state index contributed by atoms with van der Waals surface area (Å²) in [7, 11) is -1.46. The topological polar surface area (TPSA) is 89.7 Å². The van der Waals surface area contributed by atoms with Crippen molar-refractivity contribution < 1.29 is 17.9 Å². The molecule has 2 unspecified atom stereocenters. The van der Waals surface area contributed by atoms with E-state index in [2.05, 4.69) is 0 Å². The predicted octanol–water partition coefficient (Wildman–Crippen LogP) is 0.0235. The lowest BCUT2D eigenvalue weighted by atomic mass is 9.85. The van der Waals surface area contributed by atoms with Crippen LogP contribution in [0.2, 0.25) is 0 Å². The molecule has 1 amide bonds. The highest BCUT2D eigenvalue weighted by atomic mass is 32.2. The maximum Gasteiger partial charge on any atom is 0.230 e. The van der Waals surface area contributed by atoms with Crippen molar-refractivity contribution in [1.29, 1.82) is 0 Å². The van der Waals surface area contributed by atoms with Gasteiger partial charge >= 0.3 is 0 Å². The lowest BCUT2D eigenvalue weighted by Gasteiger charge is -2.36. The van der Waals surface area contributed by atoms with Gasteiger partial charge in [-0.15, -0.1) is 0 Å². The molecule has 0 aromatic heterocycles. The Kier molecular flexibility index (Phi) is 5.97. The molecule has 1 fully saturated rings. The van der Waals surface area contributed by atoms with Crippen molar-refractivity contribution in [2.24, 2.45) is 11.1 Å². The SMILES string of the molecule is CCC(C)(CN)C(=O)N(CCOC)C1CCS(=O)(=O)C1. The first kappa shape index (κ1) is 17.4. The molecule has 7 heteroatoms. The van der Waals surface area contributed by atoms with Gasteiger partial charge in [0.05, 0.1) is 23.5 Å². The third-order valence-electron chi connectivity index (χ3n) is 4.19. The van der Waals surface area contributed by atoms with Crippen LogP contribution in [0.25, 0.3) is 0 Å². The normalized spacial score (nSPS) is 24.3. The summed E-state index contributed by atoms with van der Waals surface area (Å²) in [6, 6.07) is -0.250. The number of methoxy groups -OCH3 is 1. The van der Waals surface area contributed by atoms with Crippen molar-refractivity contribution >= 4 is 15.7 Å². The highest BCUT2D eigenvalue weighted by Crippen LogP contribution is 2.27.